The standard InChI is InChI=1S/C17H24N2O/c1-2-19(12-13-6-5-7-13)17(20)16-10-14-8-3-4-9-15(14)11-18-16/h3-4,8-9,13,16,18H,2,5-7,10-12H2,1H3. The van der Waals surface area contributed by atoms with E-state index in [1.807, 2.05) is 0 Å². The van der Waals surface area contributed by atoms with Gasteiger partial charge in [0.1, 0.15) is 0 Å². The first-order chi connectivity index (χ1) is 9.78. The number of carbonyl (C=O) groups excluding carboxylic acids is 1. The second-order valence-corrected chi connectivity index (χ2v) is 6.08. The number of rotatable bonds is 4. The maximum atomic E-state index is 12.7. The predicted molar refractivity (Wildman–Crippen MR) is 80.4 cm³/mol. The minimum absolute atomic E-state index is 0.0371. The molecule has 0 radical (unpaired) electrons. The highest BCUT2D eigenvalue weighted by Gasteiger charge is 2.29. The van der Waals surface area contributed by atoms with E-state index in [2.05, 4.69) is 41.4 Å². The first kappa shape index (κ1) is 13.6. The summed E-state index contributed by atoms with van der Waals surface area (Å²) in [5.74, 6) is 1.03. The fourth-order valence-corrected chi connectivity index (χ4v) is 3.21. The number of hydrogen-bond donors (Lipinski definition) is 1. The third-order valence-electron chi connectivity index (χ3n) is 4.78. The predicted octanol–water partition coefficient (Wildman–Crippen LogP) is 2.35. The quantitative estimate of drug-likeness (QED) is 0.912. The number of benzene rings is 1. The molecule has 1 unspecified atom stereocenters. The molecule has 0 saturated heterocycles. The lowest BCUT2D eigenvalue weighted by atomic mass is 9.85. The number of carbonyl (C=O) groups is 1. The van der Waals surface area contributed by atoms with Crippen LogP contribution in [0, 0.1) is 5.92 Å². The van der Waals surface area contributed by atoms with Gasteiger partial charge in [-0.05, 0) is 43.2 Å². The first-order valence-corrected chi connectivity index (χ1v) is 7.87. The number of nitrogens with one attached hydrogen (secondary N) is 1. The summed E-state index contributed by atoms with van der Waals surface area (Å²) in [5, 5.41) is 3.41. The molecule has 1 aromatic carbocycles. The van der Waals surface area contributed by atoms with Crippen LogP contribution in [0.2, 0.25) is 0 Å². The number of hydrogen-bond acceptors (Lipinski definition) is 2. The molecule has 3 nitrogen and oxygen atoms in total. The Labute approximate surface area is 121 Å². The molecule has 1 aromatic rings. The molecule has 3 heteroatoms. The molecule has 1 atom stereocenters. The van der Waals surface area contributed by atoms with E-state index >= 15 is 0 Å². The normalized spacial score (nSPS) is 21.9. The average molecular weight is 272 g/mol. The molecule has 1 N–H and O–H groups in total. The fraction of sp³-hybridized carbons (Fsp3) is 0.588. The summed E-state index contributed by atoms with van der Waals surface area (Å²) < 4.78 is 0. The van der Waals surface area contributed by atoms with Crippen molar-refractivity contribution in [2.75, 3.05) is 13.1 Å². The van der Waals surface area contributed by atoms with Crippen LogP contribution in [0.25, 0.3) is 0 Å². The van der Waals surface area contributed by atoms with Crippen molar-refractivity contribution in [3.05, 3.63) is 35.4 Å². The molecule has 1 aliphatic heterocycles. The zero-order valence-corrected chi connectivity index (χ0v) is 12.3. The lowest BCUT2D eigenvalue weighted by Gasteiger charge is -2.35. The highest BCUT2D eigenvalue weighted by molar-refractivity contribution is 5.82. The smallest absolute Gasteiger partial charge is 0.240 e. The summed E-state index contributed by atoms with van der Waals surface area (Å²) >= 11 is 0. The molecular weight excluding hydrogens is 248 g/mol. The molecule has 20 heavy (non-hydrogen) atoms. The van der Waals surface area contributed by atoms with Crippen molar-refractivity contribution < 1.29 is 4.79 Å². The SMILES string of the molecule is CCN(CC1CCC1)C(=O)C1Cc2ccccc2CN1. The van der Waals surface area contributed by atoms with Gasteiger partial charge < -0.3 is 10.2 Å². The van der Waals surface area contributed by atoms with Crippen molar-refractivity contribution in [3.63, 3.8) is 0 Å². The van der Waals surface area contributed by atoms with E-state index in [-0.39, 0.29) is 11.9 Å². The van der Waals surface area contributed by atoms with Crippen LogP contribution in [0.5, 0.6) is 0 Å². The highest BCUT2D eigenvalue weighted by Crippen LogP contribution is 2.27. The van der Waals surface area contributed by atoms with Crippen molar-refractivity contribution in [2.45, 2.75) is 45.2 Å². The Hall–Kier alpha value is -1.35. The molecule has 108 valence electrons. The molecule has 0 bridgehead atoms. The summed E-state index contributed by atoms with van der Waals surface area (Å²) in [6.07, 6.45) is 4.76. The lowest BCUT2D eigenvalue weighted by Crippen LogP contribution is -2.50. The van der Waals surface area contributed by atoms with Gasteiger partial charge in [-0.25, -0.2) is 0 Å². The van der Waals surface area contributed by atoms with Crippen molar-refractivity contribution in [3.8, 4) is 0 Å². The number of nitrogens with zero attached hydrogens (tertiary/aromatic N) is 1. The molecule has 3 rings (SSSR count). The van der Waals surface area contributed by atoms with Crippen LogP contribution in [-0.4, -0.2) is 29.9 Å². The maximum Gasteiger partial charge on any atom is 0.240 e. The largest absolute Gasteiger partial charge is 0.341 e. The second kappa shape index (κ2) is 5.96. The Balaban J connectivity index is 1.64. The summed E-state index contributed by atoms with van der Waals surface area (Å²) in [5.41, 5.74) is 2.66. The van der Waals surface area contributed by atoms with E-state index in [1.54, 1.807) is 0 Å². The van der Waals surface area contributed by atoms with Gasteiger partial charge >= 0.3 is 0 Å². The Morgan fingerprint density at radius 3 is 2.70 bits per heavy atom. The minimum atomic E-state index is -0.0371. The number of likely N-dealkylation sites (N-methyl/N-ethyl adjacent to an activating group) is 1. The Morgan fingerprint density at radius 1 is 1.30 bits per heavy atom. The van der Waals surface area contributed by atoms with E-state index in [4.69, 9.17) is 0 Å². The van der Waals surface area contributed by atoms with E-state index in [0.717, 1.165) is 32.0 Å². The Morgan fingerprint density at radius 2 is 2.05 bits per heavy atom. The van der Waals surface area contributed by atoms with Crippen LogP contribution in [0.15, 0.2) is 24.3 Å². The summed E-state index contributed by atoms with van der Waals surface area (Å²) in [4.78, 5) is 14.7. The second-order valence-electron chi connectivity index (χ2n) is 6.08. The molecule has 1 amide bonds. The number of amides is 1. The van der Waals surface area contributed by atoms with Gasteiger partial charge in [0.05, 0.1) is 6.04 Å². The lowest BCUT2D eigenvalue weighted by molar-refractivity contribution is -0.134. The third-order valence-corrected chi connectivity index (χ3v) is 4.78. The number of fused-ring (bicyclic) bond motifs is 1. The monoisotopic (exact) mass is 272 g/mol. The topological polar surface area (TPSA) is 32.3 Å². The van der Waals surface area contributed by atoms with Crippen LogP contribution >= 0.6 is 0 Å². The minimum Gasteiger partial charge on any atom is -0.341 e. The third kappa shape index (κ3) is 2.73. The fourth-order valence-electron chi connectivity index (χ4n) is 3.21. The zero-order valence-electron chi connectivity index (χ0n) is 12.3. The van der Waals surface area contributed by atoms with Crippen LogP contribution in [0.3, 0.4) is 0 Å². The van der Waals surface area contributed by atoms with Gasteiger partial charge in [0.2, 0.25) is 5.91 Å². The Kier molecular flexibility index (Phi) is 4.06. The molecule has 1 heterocycles. The summed E-state index contributed by atoms with van der Waals surface area (Å²) in [7, 11) is 0. The average Bonchev–Trinajstić information content (AvgIpc) is 2.45. The molecule has 2 aliphatic rings. The van der Waals surface area contributed by atoms with Crippen molar-refractivity contribution in [1.82, 2.24) is 10.2 Å². The highest BCUT2D eigenvalue weighted by atomic mass is 16.2. The summed E-state index contributed by atoms with van der Waals surface area (Å²) in [6.45, 7) is 4.69. The Bertz CT molecular complexity index is 482. The van der Waals surface area contributed by atoms with Gasteiger partial charge in [-0.15, -0.1) is 0 Å². The van der Waals surface area contributed by atoms with Gasteiger partial charge in [0.15, 0.2) is 0 Å². The molecule has 0 spiro atoms. The van der Waals surface area contributed by atoms with Gasteiger partial charge in [-0.1, -0.05) is 30.7 Å². The van der Waals surface area contributed by atoms with Gasteiger partial charge in [0.25, 0.3) is 0 Å². The first-order valence-electron chi connectivity index (χ1n) is 7.87. The van der Waals surface area contributed by atoms with Crippen molar-refractivity contribution in [1.29, 1.82) is 0 Å². The van der Waals surface area contributed by atoms with Crippen LogP contribution in [0.1, 0.15) is 37.3 Å². The molecule has 1 aliphatic carbocycles. The maximum absolute atomic E-state index is 12.7. The molecular formula is C17H24N2O. The van der Waals surface area contributed by atoms with E-state index in [9.17, 15) is 4.79 Å². The van der Waals surface area contributed by atoms with E-state index in [0.29, 0.717) is 0 Å². The molecule has 1 saturated carbocycles. The van der Waals surface area contributed by atoms with E-state index < -0.39 is 0 Å². The molecule has 0 aromatic heterocycles. The van der Waals surface area contributed by atoms with Gasteiger partial charge in [-0.3, -0.25) is 4.79 Å². The van der Waals surface area contributed by atoms with Crippen LogP contribution < -0.4 is 5.32 Å². The van der Waals surface area contributed by atoms with E-state index in [1.165, 1.54) is 30.4 Å². The van der Waals surface area contributed by atoms with Crippen LogP contribution in [0.4, 0.5) is 0 Å². The van der Waals surface area contributed by atoms with Crippen LogP contribution in [-0.2, 0) is 17.8 Å². The van der Waals surface area contributed by atoms with Gasteiger partial charge in [0, 0.05) is 19.6 Å². The van der Waals surface area contributed by atoms with Crippen molar-refractivity contribution >= 4 is 5.91 Å². The van der Waals surface area contributed by atoms with Gasteiger partial charge in [-0.2, -0.15) is 0 Å². The zero-order chi connectivity index (χ0) is 13.9. The summed E-state index contributed by atoms with van der Waals surface area (Å²) in [6, 6.07) is 8.40. The van der Waals surface area contributed by atoms with Crippen molar-refractivity contribution in [2.24, 2.45) is 5.92 Å². The molecule has 1 fully saturated rings.